The predicted molar refractivity (Wildman–Crippen MR) is 107 cm³/mol. The van der Waals surface area contributed by atoms with Crippen molar-refractivity contribution in [3.63, 3.8) is 0 Å². The molecule has 0 atom stereocenters. The van der Waals surface area contributed by atoms with E-state index in [1.54, 1.807) is 0 Å². The molecule has 4 rings (SSSR count). The SMILES string of the molecule is Cl.OCCNCCNc1nc2ccccc2c2[nH]c3ccccc3c12. The number of nitrogens with zero attached hydrogens (tertiary/aromatic N) is 1. The molecule has 0 bridgehead atoms. The molecule has 0 aliphatic heterocycles. The number of hydrogen-bond donors (Lipinski definition) is 4. The zero-order chi connectivity index (χ0) is 16.4. The summed E-state index contributed by atoms with van der Waals surface area (Å²) in [6.45, 7) is 2.29. The molecular weight excluding hydrogens is 336 g/mol. The molecular formula is C19H21ClN4O. The fourth-order valence-electron chi connectivity index (χ4n) is 3.15. The van der Waals surface area contributed by atoms with Crippen molar-refractivity contribution in [3.8, 4) is 0 Å². The van der Waals surface area contributed by atoms with Crippen molar-refractivity contribution in [1.29, 1.82) is 0 Å². The highest BCUT2D eigenvalue weighted by atomic mass is 35.5. The van der Waals surface area contributed by atoms with Crippen molar-refractivity contribution in [2.45, 2.75) is 0 Å². The molecule has 4 N–H and O–H groups in total. The van der Waals surface area contributed by atoms with E-state index in [9.17, 15) is 0 Å². The van der Waals surface area contributed by atoms with Crippen LogP contribution in [0.1, 0.15) is 0 Å². The Morgan fingerprint density at radius 3 is 2.52 bits per heavy atom. The number of fused-ring (bicyclic) bond motifs is 5. The highest BCUT2D eigenvalue weighted by Crippen LogP contribution is 2.34. The average molecular weight is 357 g/mol. The lowest BCUT2D eigenvalue weighted by molar-refractivity contribution is 0.293. The first-order valence-electron chi connectivity index (χ1n) is 8.23. The molecule has 0 amide bonds. The standard InChI is InChI=1S/C19H20N4O.ClH/c24-12-11-20-9-10-21-19-17-13-5-1-3-7-15(13)22-18(17)14-6-2-4-8-16(14)23-19;/h1-8,20,22,24H,9-12H2,(H,21,23);1H. The largest absolute Gasteiger partial charge is 0.395 e. The highest BCUT2D eigenvalue weighted by Gasteiger charge is 2.13. The van der Waals surface area contributed by atoms with E-state index in [4.69, 9.17) is 10.1 Å². The topological polar surface area (TPSA) is 73.0 Å². The van der Waals surface area contributed by atoms with Gasteiger partial charge in [0.2, 0.25) is 0 Å². The molecule has 0 aliphatic carbocycles. The van der Waals surface area contributed by atoms with Gasteiger partial charge >= 0.3 is 0 Å². The van der Waals surface area contributed by atoms with Crippen LogP contribution in [0.5, 0.6) is 0 Å². The lowest BCUT2D eigenvalue weighted by Gasteiger charge is -2.10. The Morgan fingerprint density at radius 2 is 1.68 bits per heavy atom. The number of benzene rings is 2. The first kappa shape index (κ1) is 17.5. The summed E-state index contributed by atoms with van der Waals surface area (Å²) >= 11 is 0. The minimum atomic E-state index is 0. The fourth-order valence-corrected chi connectivity index (χ4v) is 3.15. The van der Waals surface area contributed by atoms with Crippen molar-refractivity contribution in [1.82, 2.24) is 15.3 Å². The van der Waals surface area contributed by atoms with Crippen molar-refractivity contribution in [2.75, 3.05) is 31.6 Å². The second-order valence-corrected chi connectivity index (χ2v) is 5.80. The second kappa shape index (κ2) is 7.70. The van der Waals surface area contributed by atoms with E-state index in [2.05, 4.69) is 39.9 Å². The van der Waals surface area contributed by atoms with Crippen molar-refractivity contribution < 1.29 is 5.11 Å². The van der Waals surface area contributed by atoms with Crippen LogP contribution in [0, 0.1) is 0 Å². The summed E-state index contributed by atoms with van der Waals surface area (Å²) in [6, 6.07) is 16.5. The summed E-state index contributed by atoms with van der Waals surface area (Å²) in [4.78, 5) is 8.38. The number of nitrogens with one attached hydrogen (secondary N) is 3. The molecule has 4 aromatic rings. The van der Waals surface area contributed by atoms with Gasteiger partial charge in [-0.15, -0.1) is 12.4 Å². The van der Waals surface area contributed by atoms with Crippen LogP contribution in [0.4, 0.5) is 5.82 Å². The molecule has 0 aliphatic rings. The van der Waals surface area contributed by atoms with E-state index in [1.807, 2.05) is 24.3 Å². The van der Waals surface area contributed by atoms with Crippen molar-refractivity contribution in [2.24, 2.45) is 0 Å². The van der Waals surface area contributed by atoms with Crippen LogP contribution >= 0.6 is 12.4 Å². The smallest absolute Gasteiger partial charge is 0.136 e. The number of halogens is 1. The Balaban J connectivity index is 0.00000182. The number of aliphatic hydroxyl groups excluding tert-OH is 1. The van der Waals surface area contributed by atoms with Gasteiger partial charge in [0.15, 0.2) is 0 Å². The van der Waals surface area contributed by atoms with E-state index in [-0.39, 0.29) is 19.0 Å². The molecule has 0 unspecified atom stereocenters. The first-order chi connectivity index (χ1) is 11.9. The van der Waals surface area contributed by atoms with Crippen LogP contribution in [0.3, 0.4) is 0 Å². The van der Waals surface area contributed by atoms with Gasteiger partial charge in [-0.05, 0) is 12.1 Å². The van der Waals surface area contributed by atoms with E-state index < -0.39 is 0 Å². The molecule has 0 saturated carbocycles. The van der Waals surface area contributed by atoms with Gasteiger partial charge in [0.1, 0.15) is 5.82 Å². The van der Waals surface area contributed by atoms with E-state index in [0.29, 0.717) is 6.54 Å². The average Bonchev–Trinajstić information content (AvgIpc) is 3.01. The zero-order valence-electron chi connectivity index (χ0n) is 13.7. The molecule has 6 heteroatoms. The Bertz CT molecular complexity index is 999. The van der Waals surface area contributed by atoms with Gasteiger partial charge < -0.3 is 20.7 Å². The van der Waals surface area contributed by atoms with Gasteiger partial charge in [-0.25, -0.2) is 4.98 Å². The number of para-hydroxylation sites is 2. The van der Waals surface area contributed by atoms with Crippen LogP contribution in [-0.4, -0.2) is 41.3 Å². The van der Waals surface area contributed by atoms with E-state index in [1.165, 1.54) is 5.39 Å². The number of aliphatic hydroxyl groups is 1. The maximum atomic E-state index is 8.83. The third-order valence-electron chi connectivity index (χ3n) is 4.23. The minimum Gasteiger partial charge on any atom is -0.395 e. The number of rotatable bonds is 6. The van der Waals surface area contributed by atoms with Gasteiger partial charge in [0.05, 0.1) is 23.0 Å². The maximum Gasteiger partial charge on any atom is 0.136 e. The monoisotopic (exact) mass is 356 g/mol. The molecule has 130 valence electrons. The quantitative estimate of drug-likeness (QED) is 0.400. The van der Waals surface area contributed by atoms with Crippen LogP contribution in [-0.2, 0) is 0 Å². The van der Waals surface area contributed by atoms with Crippen LogP contribution < -0.4 is 10.6 Å². The Hall–Kier alpha value is -2.34. The Labute approximate surface area is 151 Å². The number of pyridine rings is 1. The molecule has 2 aromatic heterocycles. The molecule has 25 heavy (non-hydrogen) atoms. The van der Waals surface area contributed by atoms with E-state index >= 15 is 0 Å². The lowest BCUT2D eigenvalue weighted by Crippen LogP contribution is -2.25. The van der Waals surface area contributed by atoms with Gasteiger partial charge in [-0.1, -0.05) is 36.4 Å². The number of aromatic nitrogens is 2. The zero-order valence-corrected chi connectivity index (χ0v) is 14.6. The van der Waals surface area contributed by atoms with Crippen molar-refractivity contribution >= 4 is 50.9 Å². The molecule has 0 spiro atoms. The molecule has 0 fully saturated rings. The summed E-state index contributed by atoms with van der Waals surface area (Å²) in [7, 11) is 0. The summed E-state index contributed by atoms with van der Waals surface area (Å²) in [5, 5.41) is 18.9. The van der Waals surface area contributed by atoms with Gasteiger partial charge in [-0.2, -0.15) is 0 Å². The van der Waals surface area contributed by atoms with Gasteiger partial charge in [0.25, 0.3) is 0 Å². The van der Waals surface area contributed by atoms with Gasteiger partial charge in [-0.3, -0.25) is 0 Å². The lowest BCUT2D eigenvalue weighted by atomic mass is 10.1. The summed E-state index contributed by atoms with van der Waals surface area (Å²) < 4.78 is 0. The summed E-state index contributed by atoms with van der Waals surface area (Å²) in [6.07, 6.45) is 0. The Morgan fingerprint density at radius 1 is 0.920 bits per heavy atom. The Kier molecular flexibility index (Phi) is 5.38. The first-order valence-corrected chi connectivity index (χ1v) is 8.23. The molecule has 2 heterocycles. The molecule has 0 saturated heterocycles. The van der Waals surface area contributed by atoms with Gasteiger partial charge in [0, 0.05) is 35.9 Å². The van der Waals surface area contributed by atoms with E-state index in [0.717, 1.165) is 46.2 Å². The second-order valence-electron chi connectivity index (χ2n) is 5.80. The molecule has 5 nitrogen and oxygen atoms in total. The molecule has 2 aromatic carbocycles. The van der Waals surface area contributed by atoms with Crippen LogP contribution in [0.25, 0.3) is 32.7 Å². The summed E-state index contributed by atoms with van der Waals surface area (Å²) in [5.41, 5.74) is 3.21. The predicted octanol–water partition coefficient (Wildman–Crippen LogP) is 3.28. The number of H-pyrrole nitrogens is 1. The third kappa shape index (κ3) is 3.26. The molecule has 0 radical (unpaired) electrons. The van der Waals surface area contributed by atoms with Crippen LogP contribution in [0.15, 0.2) is 48.5 Å². The number of anilines is 1. The number of aromatic amines is 1. The summed E-state index contributed by atoms with van der Waals surface area (Å²) in [5.74, 6) is 0.895. The fraction of sp³-hybridized carbons (Fsp3) is 0.211. The normalized spacial score (nSPS) is 11.1. The third-order valence-corrected chi connectivity index (χ3v) is 4.23. The highest BCUT2D eigenvalue weighted by molar-refractivity contribution is 6.20. The minimum absolute atomic E-state index is 0. The number of hydrogen-bond acceptors (Lipinski definition) is 4. The maximum absolute atomic E-state index is 8.83. The van der Waals surface area contributed by atoms with Crippen molar-refractivity contribution in [3.05, 3.63) is 48.5 Å². The van der Waals surface area contributed by atoms with Crippen LogP contribution in [0.2, 0.25) is 0 Å².